The van der Waals surface area contributed by atoms with Crippen molar-refractivity contribution >= 4 is 17.3 Å². The molecule has 0 spiro atoms. The van der Waals surface area contributed by atoms with Crippen molar-refractivity contribution in [2.75, 3.05) is 0 Å². The summed E-state index contributed by atoms with van der Waals surface area (Å²) in [6.07, 6.45) is 3.91. The van der Waals surface area contributed by atoms with Crippen LogP contribution >= 0.6 is 11.8 Å². The van der Waals surface area contributed by atoms with Crippen molar-refractivity contribution in [3.05, 3.63) is 12.3 Å². The van der Waals surface area contributed by atoms with Crippen LogP contribution in [0, 0.1) is 0 Å². The standard InChI is InChI=1S/C5H7NS/c1-5-2-3-6-4-7-5/h2-5H,1H3. The lowest BCUT2D eigenvalue weighted by atomic mass is 10.5. The van der Waals surface area contributed by atoms with Gasteiger partial charge < -0.3 is 0 Å². The van der Waals surface area contributed by atoms with Crippen LogP contribution in [0.15, 0.2) is 17.3 Å². The molecule has 0 bridgehead atoms. The highest BCUT2D eigenvalue weighted by atomic mass is 32.2. The van der Waals surface area contributed by atoms with Crippen LogP contribution in [0.4, 0.5) is 0 Å². The summed E-state index contributed by atoms with van der Waals surface area (Å²) in [5, 5.41) is 0.623. The smallest absolute Gasteiger partial charge is 0.0602 e. The summed E-state index contributed by atoms with van der Waals surface area (Å²) in [6.45, 7) is 2.15. The van der Waals surface area contributed by atoms with Crippen LogP contribution in [-0.4, -0.2) is 10.8 Å². The topological polar surface area (TPSA) is 12.4 Å². The molecule has 38 valence electrons. The van der Waals surface area contributed by atoms with Crippen molar-refractivity contribution in [1.29, 1.82) is 0 Å². The van der Waals surface area contributed by atoms with E-state index in [1.807, 2.05) is 11.7 Å². The van der Waals surface area contributed by atoms with Crippen LogP contribution in [0.5, 0.6) is 0 Å². The third-order valence-electron chi connectivity index (χ3n) is 0.780. The van der Waals surface area contributed by atoms with Gasteiger partial charge in [0.1, 0.15) is 0 Å². The third kappa shape index (κ3) is 1.35. The van der Waals surface area contributed by atoms with E-state index >= 15 is 0 Å². The molecule has 0 aromatic carbocycles. The van der Waals surface area contributed by atoms with Crippen LogP contribution in [-0.2, 0) is 0 Å². The Labute approximate surface area is 47.5 Å². The van der Waals surface area contributed by atoms with Crippen LogP contribution in [0.3, 0.4) is 0 Å². The second-order valence-electron chi connectivity index (χ2n) is 1.44. The molecule has 0 fully saturated rings. The van der Waals surface area contributed by atoms with E-state index in [4.69, 9.17) is 0 Å². The Kier molecular flexibility index (Phi) is 1.52. The molecule has 0 saturated carbocycles. The maximum atomic E-state index is 3.88. The van der Waals surface area contributed by atoms with E-state index in [0.29, 0.717) is 5.25 Å². The molecule has 1 heterocycles. The first kappa shape index (κ1) is 4.91. The molecular formula is C5H7NS. The van der Waals surface area contributed by atoms with E-state index < -0.39 is 0 Å². The van der Waals surface area contributed by atoms with Gasteiger partial charge in [-0.2, -0.15) is 0 Å². The van der Waals surface area contributed by atoms with Gasteiger partial charge in [0.25, 0.3) is 0 Å². The highest BCUT2D eigenvalue weighted by Crippen LogP contribution is 2.11. The summed E-state index contributed by atoms with van der Waals surface area (Å²) in [7, 11) is 0. The number of thioether (sulfide) groups is 1. The largest absolute Gasteiger partial charge is 0.258 e. The van der Waals surface area contributed by atoms with Gasteiger partial charge in [-0.25, -0.2) is 0 Å². The molecule has 1 atom stereocenters. The number of hydrogen-bond donors (Lipinski definition) is 0. The predicted molar refractivity (Wildman–Crippen MR) is 34.7 cm³/mol. The quantitative estimate of drug-likeness (QED) is 0.465. The number of hydrogen-bond acceptors (Lipinski definition) is 2. The summed E-state index contributed by atoms with van der Waals surface area (Å²) in [5.74, 6) is 0. The number of rotatable bonds is 0. The maximum Gasteiger partial charge on any atom is 0.0602 e. The van der Waals surface area contributed by atoms with E-state index in [-0.39, 0.29) is 0 Å². The van der Waals surface area contributed by atoms with Crippen LogP contribution in [0.25, 0.3) is 0 Å². The van der Waals surface area contributed by atoms with E-state index in [1.54, 1.807) is 11.8 Å². The summed E-state index contributed by atoms with van der Waals surface area (Å²) < 4.78 is 0. The van der Waals surface area contributed by atoms with Gasteiger partial charge in [-0.3, -0.25) is 4.99 Å². The van der Waals surface area contributed by atoms with Crippen molar-refractivity contribution < 1.29 is 0 Å². The Morgan fingerprint density at radius 1 is 1.71 bits per heavy atom. The van der Waals surface area contributed by atoms with Crippen molar-refractivity contribution in [3.63, 3.8) is 0 Å². The van der Waals surface area contributed by atoms with Crippen LogP contribution in [0.1, 0.15) is 6.92 Å². The van der Waals surface area contributed by atoms with E-state index in [2.05, 4.69) is 18.0 Å². The highest BCUT2D eigenvalue weighted by molar-refractivity contribution is 8.12. The first-order chi connectivity index (χ1) is 3.39. The molecular weight excluding hydrogens is 106 g/mol. The molecule has 1 rings (SSSR count). The van der Waals surface area contributed by atoms with Crippen LogP contribution in [0.2, 0.25) is 0 Å². The first-order valence-corrected chi connectivity index (χ1v) is 3.17. The molecule has 2 heteroatoms. The molecule has 0 N–H and O–H groups in total. The van der Waals surface area contributed by atoms with E-state index in [0.717, 1.165) is 0 Å². The van der Waals surface area contributed by atoms with Gasteiger partial charge in [0.05, 0.1) is 5.55 Å². The molecule has 1 aliphatic rings. The molecule has 0 aliphatic carbocycles. The normalized spacial score (nSPS) is 28.4. The minimum Gasteiger partial charge on any atom is -0.258 e. The summed E-state index contributed by atoms with van der Waals surface area (Å²) in [6, 6.07) is 0. The second-order valence-corrected chi connectivity index (χ2v) is 2.66. The Hall–Kier alpha value is -0.240. The number of nitrogens with zero attached hydrogens (tertiary/aromatic N) is 1. The minimum absolute atomic E-state index is 0.623. The lowest BCUT2D eigenvalue weighted by Crippen LogP contribution is -1.91. The first-order valence-electron chi connectivity index (χ1n) is 2.23. The Morgan fingerprint density at radius 3 is 2.86 bits per heavy atom. The predicted octanol–water partition coefficient (Wildman–Crippen LogP) is 1.66. The summed E-state index contributed by atoms with van der Waals surface area (Å²) >= 11 is 1.74. The monoisotopic (exact) mass is 113 g/mol. The molecule has 0 aromatic heterocycles. The molecule has 1 nitrogen and oxygen atoms in total. The molecule has 0 saturated heterocycles. The SMILES string of the molecule is CC1C=CN=CS1. The van der Waals surface area contributed by atoms with Gasteiger partial charge in [-0.1, -0.05) is 6.08 Å². The fraction of sp³-hybridized carbons (Fsp3) is 0.400. The van der Waals surface area contributed by atoms with Gasteiger partial charge >= 0.3 is 0 Å². The van der Waals surface area contributed by atoms with E-state index in [9.17, 15) is 0 Å². The lowest BCUT2D eigenvalue weighted by Gasteiger charge is -2.01. The Bertz CT molecular complexity index is 107. The van der Waals surface area contributed by atoms with Crippen molar-refractivity contribution in [1.82, 2.24) is 0 Å². The van der Waals surface area contributed by atoms with Crippen molar-refractivity contribution in [2.45, 2.75) is 12.2 Å². The molecule has 0 radical (unpaired) electrons. The summed E-state index contributed by atoms with van der Waals surface area (Å²) in [5.41, 5.74) is 1.87. The minimum atomic E-state index is 0.623. The second kappa shape index (κ2) is 2.17. The molecule has 7 heavy (non-hydrogen) atoms. The fourth-order valence-corrected chi connectivity index (χ4v) is 0.876. The fourth-order valence-electron chi connectivity index (χ4n) is 0.383. The average Bonchev–Trinajstić information content (AvgIpc) is 1.69. The van der Waals surface area contributed by atoms with Gasteiger partial charge in [-0.05, 0) is 6.92 Å². The molecule has 1 aliphatic heterocycles. The molecule has 0 aromatic rings. The third-order valence-corrected chi connectivity index (χ3v) is 1.61. The zero-order valence-corrected chi connectivity index (χ0v) is 4.98. The van der Waals surface area contributed by atoms with Crippen LogP contribution < -0.4 is 0 Å². The van der Waals surface area contributed by atoms with Gasteiger partial charge in [0, 0.05) is 11.4 Å². The van der Waals surface area contributed by atoms with E-state index in [1.165, 1.54) is 0 Å². The van der Waals surface area contributed by atoms with Gasteiger partial charge in [0.15, 0.2) is 0 Å². The van der Waals surface area contributed by atoms with Crippen molar-refractivity contribution in [3.8, 4) is 0 Å². The molecule has 0 amide bonds. The average molecular weight is 113 g/mol. The zero-order valence-electron chi connectivity index (χ0n) is 4.16. The lowest BCUT2D eigenvalue weighted by molar-refractivity contribution is 1.24. The maximum absolute atomic E-state index is 3.88. The number of aliphatic imine (C=N–C) groups is 1. The van der Waals surface area contributed by atoms with Gasteiger partial charge in [-0.15, -0.1) is 11.8 Å². The summed E-state index contributed by atoms with van der Waals surface area (Å²) in [4.78, 5) is 3.88. The zero-order chi connectivity index (χ0) is 5.11. The molecule has 1 unspecified atom stereocenters. The van der Waals surface area contributed by atoms with Gasteiger partial charge in [0.2, 0.25) is 0 Å². The van der Waals surface area contributed by atoms with Crippen molar-refractivity contribution in [2.24, 2.45) is 4.99 Å². The Balaban J connectivity index is 2.49. The Morgan fingerprint density at radius 2 is 2.57 bits per heavy atom. The highest BCUT2D eigenvalue weighted by Gasteiger charge is 1.94.